The van der Waals surface area contributed by atoms with Gasteiger partial charge in [-0.3, -0.25) is 14.4 Å². The molecule has 0 spiro atoms. The van der Waals surface area contributed by atoms with E-state index in [9.17, 15) is 14.4 Å². The van der Waals surface area contributed by atoms with E-state index in [1.807, 2.05) is 50.2 Å². The molecule has 0 unspecified atom stereocenters. The lowest BCUT2D eigenvalue weighted by molar-refractivity contribution is -0.126. The lowest BCUT2D eigenvalue weighted by atomic mass is 10.1. The maximum atomic E-state index is 12.4. The number of aromatic nitrogens is 1. The molecule has 1 fully saturated rings. The molecular formula is C19H21N3O3. The van der Waals surface area contributed by atoms with E-state index in [1.165, 1.54) is 0 Å². The molecule has 1 aliphatic heterocycles. The number of para-hydroxylation sites is 1. The number of benzene rings is 1. The second kappa shape index (κ2) is 6.93. The van der Waals surface area contributed by atoms with Crippen LogP contribution < -0.4 is 15.8 Å². The molecule has 6 nitrogen and oxygen atoms in total. The predicted molar refractivity (Wildman–Crippen MR) is 95.3 cm³/mol. The van der Waals surface area contributed by atoms with Gasteiger partial charge < -0.3 is 15.2 Å². The molecule has 1 aliphatic rings. The number of H-pyrrole nitrogens is 1. The van der Waals surface area contributed by atoms with Crippen LogP contribution in [0.4, 0.5) is 5.69 Å². The van der Waals surface area contributed by atoms with E-state index in [0.29, 0.717) is 12.1 Å². The Balaban J connectivity index is 1.65. The van der Waals surface area contributed by atoms with Crippen LogP contribution in [-0.4, -0.2) is 23.3 Å². The Hall–Kier alpha value is -2.89. The van der Waals surface area contributed by atoms with Gasteiger partial charge in [-0.25, -0.2) is 0 Å². The minimum absolute atomic E-state index is 0.0595. The molecule has 1 saturated heterocycles. The number of carbonyl (C=O) groups is 2. The summed E-state index contributed by atoms with van der Waals surface area (Å²) in [7, 11) is 0. The average Bonchev–Trinajstić information content (AvgIpc) is 2.96. The molecular weight excluding hydrogens is 318 g/mol. The highest BCUT2D eigenvalue weighted by Crippen LogP contribution is 2.24. The van der Waals surface area contributed by atoms with Crippen molar-refractivity contribution in [1.82, 2.24) is 10.3 Å². The van der Waals surface area contributed by atoms with Crippen molar-refractivity contribution >= 4 is 17.5 Å². The summed E-state index contributed by atoms with van der Waals surface area (Å²) < 4.78 is 0. The summed E-state index contributed by atoms with van der Waals surface area (Å²) in [6.07, 6.45) is 0.184. The Kier molecular flexibility index (Phi) is 4.70. The first-order valence-corrected chi connectivity index (χ1v) is 8.28. The first-order valence-electron chi connectivity index (χ1n) is 8.28. The fraction of sp³-hybridized carbons (Fsp3) is 0.316. The molecule has 25 heavy (non-hydrogen) atoms. The molecule has 1 aromatic carbocycles. The summed E-state index contributed by atoms with van der Waals surface area (Å²) in [5.74, 6) is -0.667. The van der Waals surface area contributed by atoms with E-state index in [4.69, 9.17) is 0 Å². The number of hydrogen-bond donors (Lipinski definition) is 2. The van der Waals surface area contributed by atoms with Crippen LogP contribution in [0.1, 0.15) is 23.2 Å². The van der Waals surface area contributed by atoms with Crippen LogP contribution >= 0.6 is 0 Å². The van der Waals surface area contributed by atoms with Gasteiger partial charge in [0.25, 0.3) is 5.56 Å². The van der Waals surface area contributed by atoms with Gasteiger partial charge in [0, 0.05) is 36.5 Å². The van der Waals surface area contributed by atoms with Crippen molar-refractivity contribution in [2.75, 3.05) is 11.4 Å². The van der Waals surface area contributed by atoms with E-state index < -0.39 is 5.92 Å². The van der Waals surface area contributed by atoms with Gasteiger partial charge in [0.2, 0.25) is 11.8 Å². The Labute approximate surface area is 145 Å². The number of aryl methyl sites for hydroxylation is 2. The van der Waals surface area contributed by atoms with Crippen molar-refractivity contribution in [1.29, 1.82) is 0 Å². The molecule has 0 aliphatic carbocycles. The van der Waals surface area contributed by atoms with E-state index >= 15 is 0 Å². The highest BCUT2D eigenvalue weighted by Gasteiger charge is 2.34. The lowest BCUT2D eigenvalue weighted by Crippen LogP contribution is -2.34. The Morgan fingerprint density at radius 2 is 1.96 bits per heavy atom. The fourth-order valence-electron chi connectivity index (χ4n) is 3.16. The Bertz CT molecular complexity index is 858. The monoisotopic (exact) mass is 339 g/mol. The third-order valence-electron chi connectivity index (χ3n) is 4.50. The van der Waals surface area contributed by atoms with Crippen molar-refractivity contribution < 1.29 is 9.59 Å². The lowest BCUT2D eigenvalue weighted by Gasteiger charge is -2.16. The second-order valence-electron chi connectivity index (χ2n) is 6.40. The quantitative estimate of drug-likeness (QED) is 0.889. The highest BCUT2D eigenvalue weighted by atomic mass is 16.2. The molecule has 3 rings (SSSR count). The van der Waals surface area contributed by atoms with Crippen LogP contribution in [-0.2, 0) is 16.1 Å². The standard InChI is InChI=1S/C19H21N3O3/c1-12-8-13(2)21-19(25)16(12)10-20-18(24)14-9-17(23)22(11-14)15-6-4-3-5-7-15/h3-8,14H,9-11H2,1-2H3,(H,20,24)(H,21,25)/t14-/m0/s1. The number of anilines is 1. The average molecular weight is 339 g/mol. The third-order valence-corrected chi connectivity index (χ3v) is 4.50. The maximum Gasteiger partial charge on any atom is 0.253 e. The summed E-state index contributed by atoms with van der Waals surface area (Å²) in [5.41, 5.74) is 2.79. The summed E-state index contributed by atoms with van der Waals surface area (Å²) in [5, 5.41) is 2.80. The van der Waals surface area contributed by atoms with E-state index in [2.05, 4.69) is 10.3 Å². The minimum Gasteiger partial charge on any atom is -0.351 e. The highest BCUT2D eigenvalue weighted by molar-refractivity contribution is 6.00. The number of amides is 2. The first kappa shape index (κ1) is 17.0. The molecule has 0 bridgehead atoms. The third kappa shape index (κ3) is 3.63. The van der Waals surface area contributed by atoms with Gasteiger partial charge in [0.05, 0.1) is 5.92 Å². The zero-order chi connectivity index (χ0) is 18.0. The molecule has 1 atom stereocenters. The maximum absolute atomic E-state index is 12.4. The second-order valence-corrected chi connectivity index (χ2v) is 6.40. The summed E-state index contributed by atoms with van der Waals surface area (Å²) in [6.45, 7) is 4.19. The molecule has 1 aromatic heterocycles. The number of hydrogen-bond acceptors (Lipinski definition) is 3. The zero-order valence-electron chi connectivity index (χ0n) is 14.3. The Morgan fingerprint density at radius 1 is 1.24 bits per heavy atom. The van der Waals surface area contributed by atoms with Gasteiger partial charge in [-0.2, -0.15) is 0 Å². The van der Waals surface area contributed by atoms with Crippen LogP contribution in [0, 0.1) is 19.8 Å². The van der Waals surface area contributed by atoms with Crippen molar-refractivity contribution in [3.63, 3.8) is 0 Å². The van der Waals surface area contributed by atoms with Gasteiger partial charge in [-0.05, 0) is 37.6 Å². The molecule has 2 aromatic rings. The van der Waals surface area contributed by atoms with Crippen LogP contribution in [0.25, 0.3) is 0 Å². The number of pyridine rings is 1. The summed E-state index contributed by atoms with van der Waals surface area (Å²) >= 11 is 0. The number of rotatable bonds is 4. The van der Waals surface area contributed by atoms with Crippen LogP contribution in [0.15, 0.2) is 41.2 Å². The van der Waals surface area contributed by atoms with Gasteiger partial charge in [-0.15, -0.1) is 0 Å². The molecule has 6 heteroatoms. The van der Waals surface area contributed by atoms with Gasteiger partial charge in [-0.1, -0.05) is 18.2 Å². The van der Waals surface area contributed by atoms with Gasteiger partial charge in [0.1, 0.15) is 0 Å². The number of nitrogens with zero attached hydrogens (tertiary/aromatic N) is 1. The Morgan fingerprint density at radius 3 is 2.64 bits per heavy atom. The normalized spacial score (nSPS) is 17.0. The molecule has 0 radical (unpaired) electrons. The topological polar surface area (TPSA) is 82.3 Å². The summed E-state index contributed by atoms with van der Waals surface area (Å²) in [6, 6.07) is 11.2. The molecule has 0 saturated carbocycles. The van der Waals surface area contributed by atoms with Crippen molar-refractivity contribution in [2.24, 2.45) is 5.92 Å². The number of nitrogens with one attached hydrogen (secondary N) is 2. The van der Waals surface area contributed by atoms with Crippen molar-refractivity contribution in [2.45, 2.75) is 26.8 Å². The predicted octanol–water partition coefficient (Wildman–Crippen LogP) is 1.66. The van der Waals surface area contributed by atoms with E-state index in [0.717, 1.165) is 16.9 Å². The minimum atomic E-state index is -0.405. The van der Waals surface area contributed by atoms with E-state index in [1.54, 1.807) is 4.90 Å². The van der Waals surface area contributed by atoms with Crippen LogP contribution in [0.3, 0.4) is 0 Å². The van der Waals surface area contributed by atoms with Crippen molar-refractivity contribution in [3.05, 3.63) is 63.6 Å². The molecule has 2 N–H and O–H groups in total. The molecule has 2 amide bonds. The van der Waals surface area contributed by atoms with Crippen LogP contribution in [0.5, 0.6) is 0 Å². The van der Waals surface area contributed by atoms with Crippen LogP contribution in [0.2, 0.25) is 0 Å². The van der Waals surface area contributed by atoms with Crippen molar-refractivity contribution in [3.8, 4) is 0 Å². The number of aromatic amines is 1. The van der Waals surface area contributed by atoms with Gasteiger partial charge in [0.15, 0.2) is 0 Å². The zero-order valence-corrected chi connectivity index (χ0v) is 14.3. The largest absolute Gasteiger partial charge is 0.351 e. The SMILES string of the molecule is Cc1cc(C)c(CNC(=O)[C@H]2CC(=O)N(c3ccccc3)C2)c(=O)[nH]1. The number of carbonyl (C=O) groups excluding carboxylic acids is 2. The van der Waals surface area contributed by atoms with Gasteiger partial charge >= 0.3 is 0 Å². The molecule has 130 valence electrons. The fourth-order valence-corrected chi connectivity index (χ4v) is 3.16. The summed E-state index contributed by atoms with van der Waals surface area (Å²) in [4.78, 5) is 41.0. The van der Waals surface area contributed by atoms with E-state index in [-0.39, 0.29) is 30.3 Å². The molecule has 2 heterocycles. The first-order chi connectivity index (χ1) is 12.0. The smallest absolute Gasteiger partial charge is 0.253 e.